The normalized spacial score (nSPS) is 13.2. The average molecular weight is 302 g/mol. The fourth-order valence-electron chi connectivity index (χ4n) is 1.77. The van der Waals surface area contributed by atoms with E-state index < -0.39 is 10.0 Å². The van der Waals surface area contributed by atoms with Crippen LogP contribution in [-0.2, 0) is 21.3 Å². The van der Waals surface area contributed by atoms with E-state index in [0.29, 0.717) is 24.3 Å². The summed E-state index contributed by atoms with van der Waals surface area (Å²) in [6.45, 7) is 2.51. The number of benzene rings is 1. The van der Waals surface area contributed by atoms with Gasteiger partial charge in [-0.2, -0.15) is 0 Å². The molecule has 20 heavy (non-hydrogen) atoms. The van der Waals surface area contributed by atoms with Crippen molar-refractivity contribution >= 4 is 10.0 Å². The van der Waals surface area contributed by atoms with Gasteiger partial charge in [-0.1, -0.05) is 0 Å². The highest BCUT2D eigenvalue weighted by molar-refractivity contribution is 7.89. The first-order chi connectivity index (χ1) is 9.44. The first kappa shape index (κ1) is 16.9. The Morgan fingerprint density at radius 1 is 1.35 bits per heavy atom. The molecule has 0 aromatic heterocycles. The van der Waals surface area contributed by atoms with Crippen LogP contribution in [0, 0.1) is 0 Å². The minimum absolute atomic E-state index is 0.183. The van der Waals surface area contributed by atoms with Gasteiger partial charge in [-0.25, -0.2) is 13.1 Å². The predicted octanol–water partition coefficient (Wildman–Crippen LogP) is 0.857. The molecule has 6 nitrogen and oxygen atoms in total. The molecule has 114 valence electrons. The first-order valence-corrected chi connectivity index (χ1v) is 7.81. The van der Waals surface area contributed by atoms with Crippen molar-refractivity contribution in [2.24, 2.45) is 5.73 Å². The highest BCUT2D eigenvalue weighted by Gasteiger charge is 2.18. The van der Waals surface area contributed by atoms with Gasteiger partial charge in [0.25, 0.3) is 0 Å². The Hall–Kier alpha value is -1.15. The molecule has 0 spiro atoms. The van der Waals surface area contributed by atoms with Crippen LogP contribution in [0.3, 0.4) is 0 Å². The average Bonchev–Trinajstić information content (AvgIpc) is 2.43. The van der Waals surface area contributed by atoms with Gasteiger partial charge in [0.1, 0.15) is 5.75 Å². The summed E-state index contributed by atoms with van der Waals surface area (Å²) in [4.78, 5) is 0.183. The summed E-state index contributed by atoms with van der Waals surface area (Å²) in [7, 11) is -0.461. The molecule has 1 rings (SSSR count). The van der Waals surface area contributed by atoms with Crippen LogP contribution in [0.25, 0.3) is 0 Å². The Balaban J connectivity index is 2.92. The smallest absolute Gasteiger partial charge is 0.240 e. The molecule has 0 amide bonds. The third-order valence-electron chi connectivity index (χ3n) is 2.89. The van der Waals surface area contributed by atoms with E-state index in [-0.39, 0.29) is 17.5 Å². The van der Waals surface area contributed by atoms with E-state index in [1.165, 1.54) is 19.2 Å². The molecule has 1 aromatic carbocycles. The molecule has 3 N–H and O–H groups in total. The largest absolute Gasteiger partial charge is 0.496 e. The van der Waals surface area contributed by atoms with Crippen LogP contribution in [0.2, 0.25) is 0 Å². The minimum Gasteiger partial charge on any atom is -0.496 e. The van der Waals surface area contributed by atoms with E-state index in [4.69, 9.17) is 15.2 Å². The second-order valence-corrected chi connectivity index (χ2v) is 6.20. The summed E-state index contributed by atoms with van der Waals surface area (Å²) >= 11 is 0. The Bertz CT molecular complexity index is 531. The van der Waals surface area contributed by atoms with Gasteiger partial charge in [0.05, 0.1) is 12.0 Å². The second-order valence-electron chi connectivity index (χ2n) is 4.48. The second kappa shape index (κ2) is 7.58. The van der Waals surface area contributed by atoms with Gasteiger partial charge in [-0.15, -0.1) is 0 Å². The van der Waals surface area contributed by atoms with Gasteiger partial charge < -0.3 is 15.2 Å². The highest BCUT2D eigenvalue weighted by atomic mass is 32.2. The maximum atomic E-state index is 12.2. The number of nitrogens with one attached hydrogen (secondary N) is 1. The van der Waals surface area contributed by atoms with Crippen LogP contribution < -0.4 is 15.2 Å². The quantitative estimate of drug-likeness (QED) is 0.743. The third kappa shape index (κ3) is 4.45. The van der Waals surface area contributed by atoms with Crippen LogP contribution in [0.1, 0.15) is 18.9 Å². The van der Waals surface area contributed by atoms with E-state index in [0.717, 1.165) is 0 Å². The number of hydrogen-bond acceptors (Lipinski definition) is 5. The van der Waals surface area contributed by atoms with Crippen molar-refractivity contribution in [2.75, 3.05) is 20.8 Å². The van der Waals surface area contributed by atoms with Gasteiger partial charge in [0, 0.05) is 31.9 Å². The monoisotopic (exact) mass is 302 g/mol. The molecule has 7 heteroatoms. The predicted molar refractivity (Wildman–Crippen MR) is 77.2 cm³/mol. The van der Waals surface area contributed by atoms with Crippen LogP contribution >= 0.6 is 0 Å². The Labute approximate surface area is 120 Å². The van der Waals surface area contributed by atoms with E-state index in [1.54, 1.807) is 20.1 Å². The maximum absolute atomic E-state index is 12.2. The fourth-order valence-corrected chi connectivity index (χ4v) is 3.10. The van der Waals surface area contributed by atoms with Crippen LogP contribution in [0.15, 0.2) is 23.1 Å². The number of nitrogens with two attached hydrogens (primary N) is 1. The Kier molecular flexibility index (Phi) is 6.41. The lowest BCUT2D eigenvalue weighted by Gasteiger charge is -2.15. The zero-order chi connectivity index (χ0) is 15.2. The molecule has 1 atom stereocenters. The number of sulfonamides is 1. The topological polar surface area (TPSA) is 90.6 Å². The summed E-state index contributed by atoms with van der Waals surface area (Å²) in [6.07, 6.45) is 0.607. The minimum atomic E-state index is -3.56. The van der Waals surface area contributed by atoms with Gasteiger partial charge in [-0.05, 0) is 31.5 Å². The number of ether oxygens (including phenoxy) is 2. The van der Waals surface area contributed by atoms with Gasteiger partial charge in [-0.3, -0.25) is 0 Å². The SMILES string of the molecule is COCCC(C)NS(=O)(=O)c1ccc(OC)c(CN)c1. The third-order valence-corrected chi connectivity index (χ3v) is 4.48. The molecule has 0 aliphatic heterocycles. The summed E-state index contributed by atoms with van der Waals surface area (Å²) in [6, 6.07) is 4.44. The van der Waals surface area contributed by atoms with Crippen molar-refractivity contribution in [2.45, 2.75) is 30.8 Å². The number of hydrogen-bond donors (Lipinski definition) is 2. The number of rotatable bonds is 8. The van der Waals surface area contributed by atoms with E-state index in [1.807, 2.05) is 0 Å². The molecule has 0 radical (unpaired) electrons. The van der Waals surface area contributed by atoms with Gasteiger partial charge in [0.15, 0.2) is 0 Å². The molecule has 1 aromatic rings. The molecule has 0 aliphatic rings. The Morgan fingerprint density at radius 2 is 2.05 bits per heavy atom. The van der Waals surface area contributed by atoms with E-state index in [2.05, 4.69) is 4.72 Å². The molecular formula is C13H22N2O4S. The summed E-state index contributed by atoms with van der Waals surface area (Å²) in [5.74, 6) is 0.582. The molecule has 0 saturated carbocycles. The van der Waals surface area contributed by atoms with Crippen molar-refractivity contribution < 1.29 is 17.9 Å². The highest BCUT2D eigenvalue weighted by Crippen LogP contribution is 2.22. The van der Waals surface area contributed by atoms with E-state index >= 15 is 0 Å². The molecule has 0 bridgehead atoms. The molecule has 0 fully saturated rings. The first-order valence-electron chi connectivity index (χ1n) is 6.32. The lowest BCUT2D eigenvalue weighted by molar-refractivity contribution is 0.188. The summed E-state index contributed by atoms with van der Waals surface area (Å²) in [5, 5.41) is 0. The van der Waals surface area contributed by atoms with Crippen LogP contribution in [0.4, 0.5) is 0 Å². The van der Waals surface area contributed by atoms with Crippen molar-refractivity contribution in [1.82, 2.24) is 4.72 Å². The lowest BCUT2D eigenvalue weighted by Crippen LogP contribution is -2.33. The standard InChI is InChI=1S/C13H22N2O4S/c1-10(6-7-18-2)15-20(16,17)12-4-5-13(19-3)11(8-12)9-14/h4-5,8,10,15H,6-7,9,14H2,1-3H3. The van der Waals surface area contributed by atoms with Crippen molar-refractivity contribution in [3.05, 3.63) is 23.8 Å². The van der Waals surface area contributed by atoms with Crippen LogP contribution in [-0.4, -0.2) is 35.3 Å². The van der Waals surface area contributed by atoms with Gasteiger partial charge in [0.2, 0.25) is 10.0 Å². The van der Waals surface area contributed by atoms with Gasteiger partial charge >= 0.3 is 0 Å². The molecule has 1 unspecified atom stereocenters. The van der Waals surface area contributed by atoms with Crippen molar-refractivity contribution in [3.8, 4) is 5.75 Å². The zero-order valence-corrected chi connectivity index (χ0v) is 12.9. The van der Waals surface area contributed by atoms with E-state index in [9.17, 15) is 8.42 Å². The Morgan fingerprint density at radius 3 is 2.60 bits per heavy atom. The molecular weight excluding hydrogens is 280 g/mol. The maximum Gasteiger partial charge on any atom is 0.240 e. The zero-order valence-electron chi connectivity index (χ0n) is 12.0. The van der Waals surface area contributed by atoms with Crippen molar-refractivity contribution in [3.63, 3.8) is 0 Å². The number of methoxy groups -OCH3 is 2. The lowest BCUT2D eigenvalue weighted by atomic mass is 10.2. The molecule has 0 heterocycles. The molecule has 0 aliphatic carbocycles. The van der Waals surface area contributed by atoms with Crippen molar-refractivity contribution in [1.29, 1.82) is 0 Å². The molecule has 0 saturated heterocycles. The fraction of sp³-hybridized carbons (Fsp3) is 0.538. The summed E-state index contributed by atoms with van der Waals surface area (Å²) in [5.41, 5.74) is 6.25. The summed E-state index contributed by atoms with van der Waals surface area (Å²) < 4.78 is 37.1. The van der Waals surface area contributed by atoms with Crippen LogP contribution in [0.5, 0.6) is 5.75 Å².